The van der Waals surface area contributed by atoms with Gasteiger partial charge in [-0.15, -0.1) is 0 Å². The summed E-state index contributed by atoms with van der Waals surface area (Å²) in [5, 5.41) is 5.05. The van der Waals surface area contributed by atoms with E-state index in [1.54, 1.807) is 0 Å². The summed E-state index contributed by atoms with van der Waals surface area (Å²) in [6, 6.07) is 18.0. The Labute approximate surface area is 169 Å². The van der Waals surface area contributed by atoms with Crippen LogP contribution in [-0.2, 0) is 0 Å². The number of anilines is 1. The van der Waals surface area contributed by atoms with Gasteiger partial charge in [-0.2, -0.15) is 0 Å². The molecule has 1 saturated carbocycles. The number of para-hydroxylation sites is 2. The van der Waals surface area contributed by atoms with Gasteiger partial charge in [0.2, 0.25) is 0 Å². The quantitative estimate of drug-likeness (QED) is 0.562. The number of nitrogens with zero attached hydrogens (tertiary/aromatic N) is 2. The molecule has 5 heteroatoms. The number of hydrogen-bond acceptors (Lipinski definition) is 3. The molecule has 1 aromatic heterocycles. The van der Waals surface area contributed by atoms with Gasteiger partial charge in [0.25, 0.3) is 5.91 Å². The average molecular weight is 392 g/mol. The molecule has 1 aliphatic heterocycles. The predicted molar refractivity (Wildman–Crippen MR) is 113 cm³/mol. The predicted octanol–water partition coefficient (Wildman–Crippen LogP) is 5.79. The first-order chi connectivity index (χ1) is 13.7. The highest BCUT2D eigenvalue weighted by Crippen LogP contribution is 2.40. The Morgan fingerprint density at radius 1 is 1.00 bits per heavy atom. The number of amides is 1. The minimum atomic E-state index is -0.310. The Kier molecular flexibility index (Phi) is 4.44. The summed E-state index contributed by atoms with van der Waals surface area (Å²) in [6.07, 6.45) is 5.31. The number of aromatic nitrogens is 1. The minimum Gasteiger partial charge on any atom is -0.361 e. The van der Waals surface area contributed by atoms with Gasteiger partial charge in [-0.1, -0.05) is 61.2 Å². The summed E-state index contributed by atoms with van der Waals surface area (Å²) in [4.78, 5) is 20.1. The molecule has 4 nitrogen and oxygen atoms in total. The first-order valence-electron chi connectivity index (χ1n) is 9.96. The van der Waals surface area contributed by atoms with Crippen molar-refractivity contribution in [1.82, 2.24) is 9.88 Å². The van der Waals surface area contributed by atoms with Gasteiger partial charge in [0.15, 0.2) is 0 Å². The Morgan fingerprint density at radius 3 is 2.61 bits per heavy atom. The van der Waals surface area contributed by atoms with E-state index in [2.05, 4.69) is 16.4 Å². The van der Waals surface area contributed by atoms with Crippen LogP contribution in [0.5, 0.6) is 0 Å². The number of fused-ring (bicyclic) bond motifs is 2. The summed E-state index contributed by atoms with van der Waals surface area (Å²) >= 11 is 6.63. The minimum absolute atomic E-state index is 0.0791. The van der Waals surface area contributed by atoms with Gasteiger partial charge in [0.1, 0.15) is 11.3 Å². The van der Waals surface area contributed by atoms with Gasteiger partial charge in [0.05, 0.1) is 11.1 Å². The molecule has 3 aromatic rings. The van der Waals surface area contributed by atoms with E-state index in [4.69, 9.17) is 11.6 Å². The third kappa shape index (κ3) is 2.92. The highest BCUT2D eigenvalue weighted by Gasteiger charge is 2.38. The molecule has 0 spiro atoms. The van der Waals surface area contributed by atoms with Crippen LogP contribution in [0, 0.1) is 0 Å². The molecule has 0 saturated heterocycles. The van der Waals surface area contributed by atoms with Crippen molar-refractivity contribution < 1.29 is 4.79 Å². The normalized spacial score (nSPS) is 20.1. The monoisotopic (exact) mass is 391 g/mol. The fourth-order valence-corrected chi connectivity index (χ4v) is 4.78. The van der Waals surface area contributed by atoms with Gasteiger partial charge in [-0.25, -0.2) is 4.98 Å². The second-order valence-electron chi connectivity index (χ2n) is 7.66. The fraction of sp³-hybridized carbons (Fsp3) is 0.304. The molecule has 2 aliphatic rings. The number of rotatable bonds is 2. The maximum absolute atomic E-state index is 13.5. The van der Waals surface area contributed by atoms with Crippen molar-refractivity contribution in [3.05, 3.63) is 70.9 Å². The van der Waals surface area contributed by atoms with Crippen molar-refractivity contribution in [2.75, 3.05) is 5.32 Å². The maximum Gasteiger partial charge on any atom is 0.258 e. The van der Waals surface area contributed by atoms with Gasteiger partial charge in [-0.3, -0.25) is 4.79 Å². The zero-order chi connectivity index (χ0) is 19.1. The van der Waals surface area contributed by atoms with E-state index < -0.39 is 0 Å². The van der Waals surface area contributed by atoms with Crippen LogP contribution in [0.1, 0.15) is 54.2 Å². The topological polar surface area (TPSA) is 45.2 Å². The number of carbonyl (C=O) groups excluding carboxylic acids is 1. The van der Waals surface area contributed by atoms with Gasteiger partial charge in [0, 0.05) is 22.7 Å². The maximum atomic E-state index is 13.5. The molecule has 142 valence electrons. The fourth-order valence-electron chi connectivity index (χ4n) is 4.53. The lowest BCUT2D eigenvalue weighted by molar-refractivity contribution is 0.0524. The average Bonchev–Trinajstić information content (AvgIpc) is 2.74. The number of nitrogens with one attached hydrogen (secondary N) is 1. The number of halogens is 1. The van der Waals surface area contributed by atoms with Gasteiger partial charge < -0.3 is 10.2 Å². The molecule has 28 heavy (non-hydrogen) atoms. The van der Waals surface area contributed by atoms with Crippen molar-refractivity contribution in [3.8, 4) is 0 Å². The van der Waals surface area contributed by atoms with Crippen LogP contribution >= 0.6 is 11.6 Å². The van der Waals surface area contributed by atoms with Gasteiger partial charge >= 0.3 is 0 Å². The van der Waals surface area contributed by atoms with Crippen LogP contribution in [0.15, 0.2) is 54.6 Å². The van der Waals surface area contributed by atoms with Crippen LogP contribution in [0.2, 0.25) is 5.15 Å². The molecule has 5 rings (SSSR count). The molecule has 2 heterocycles. The zero-order valence-corrected chi connectivity index (χ0v) is 16.3. The molecule has 1 atom stereocenters. The number of carbonyl (C=O) groups is 1. The highest BCUT2D eigenvalue weighted by molar-refractivity contribution is 6.30. The van der Waals surface area contributed by atoms with Crippen LogP contribution in [0.25, 0.3) is 10.9 Å². The lowest BCUT2D eigenvalue weighted by Crippen LogP contribution is -2.49. The molecule has 0 bridgehead atoms. The second kappa shape index (κ2) is 7.10. The Hall–Kier alpha value is -2.59. The van der Waals surface area contributed by atoms with Crippen LogP contribution in [0.4, 0.5) is 5.69 Å². The van der Waals surface area contributed by atoms with Crippen LogP contribution in [0.3, 0.4) is 0 Å². The highest BCUT2D eigenvalue weighted by atomic mass is 35.5. The van der Waals surface area contributed by atoms with E-state index in [0.29, 0.717) is 5.15 Å². The first-order valence-corrected chi connectivity index (χ1v) is 10.3. The van der Waals surface area contributed by atoms with E-state index in [1.807, 2.05) is 53.4 Å². The summed E-state index contributed by atoms with van der Waals surface area (Å²) < 4.78 is 0. The van der Waals surface area contributed by atoms with Crippen molar-refractivity contribution in [2.45, 2.75) is 44.3 Å². The molecule has 0 radical (unpaired) electrons. The SMILES string of the molecule is O=C1c2ccccc2N[C@H](c2cc3ccccc3nc2Cl)N1C1CCCCC1. The molecule has 1 fully saturated rings. The zero-order valence-electron chi connectivity index (χ0n) is 15.6. The Morgan fingerprint density at radius 2 is 1.75 bits per heavy atom. The lowest BCUT2D eigenvalue weighted by Gasteiger charge is -2.44. The largest absolute Gasteiger partial charge is 0.361 e. The van der Waals surface area contributed by atoms with E-state index >= 15 is 0 Å². The number of benzene rings is 2. The second-order valence-corrected chi connectivity index (χ2v) is 8.02. The number of pyridine rings is 1. The van der Waals surface area contributed by atoms with Crippen LogP contribution < -0.4 is 5.32 Å². The third-order valence-electron chi connectivity index (χ3n) is 5.93. The number of hydrogen-bond donors (Lipinski definition) is 1. The van der Waals surface area contributed by atoms with Crippen molar-refractivity contribution in [3.63, 3.8) is 0 Å². The molecule has 1 aliphatic carbocycles. The summed E-state index contributed by atoms with van der Waals surface area (Å²) in [5.41, 5.74) is 3.31. The molecular weight excluding hydrogens is 370 g/mol. The Bertz CT molecular complexity index is 1040. The lowest BCUT2D eigenvalue weighted by atomic mass is 9.91. The van der Waals surface area contributed by atoms with Crippen molar-refractivity contribution in [2.24, 2.45) is 0 Å². The van der Waals surface area contributed by atoms with Gasteiger partial charge in [-0.05, 0) is 37.1 Å². The molecular formula is C23H22ClN3O. The van der Waals surface area contributed by atoms with E-state index in [9.17, 15) is 4.79 Å². The molecule has 1 amide bonds. The third-order valence-corrected chi connectivity index (χ3v) is 6.23. The summed E-state index contributed by atoms with van der Waals surface area (Å²) in [6.45, 7) is 0. The van der Waals surface area contributed by atoms with E-state index in [1.165, 1.54) is 6.42 Å². The van der Waals surface area contributed by atoms with E-state index in [0.717, 1.165) is 53.4 Å². The summed E-state index contributed by atoms with van der Waals surface area (Å²) in [5.74, 6) is 0.0791. The molecule has 2 aromatic carbocycles. The van der Waals surface area contributed by atoms with Crippen LogP contribution in [-0.4, -0.2) is 21.8 Å². The van der Waals surface area contributed by atoms with Crippen molar-refractivity contribution in [1.29, 1.82) is 0 Å². The summed E-state index contributed by atoms with van der Waals surface area (Å²) in [7, 11) is 0. The molecule has 1 N–H and O–H groups in total. The molecule has 0 unspecified atom stereocenters. The first kappa shape index (κ1) is 17.5. The van der Waals surface area contributed by atoms with Crippen molar-refractivity contribution >= 4 is 34.1 Å². The Balaban J connectivity index is 1.65. The van der Waals surface area contributed by atoms with E-state index in [-0.39, 0.29) is 18.1 Å². The smallest absolute Gasteiger partial charge is 0.258 e. The standard InChI is InChI=1S/C23H22ClN3O/c24-21-18(14-15-8-4-6-12-19(15)25-21)22-26-20-13-7-5-11-17(20)23(28)27(22)16-9-2-1-3-10-16/h4-8,11-14,16,22,26H,1-3,9-10H2/t22-/m0/s1.